The van der Waals surface area contributed by atoms with Crippen molar-refractivity contribution in [1.29, 1.82) is 0 Å². The van der Waals surface area contributed by atoms with Crippen LogP contribution in [0.2, 0.25) is 0 Å². The van der Waals surface area contributed by atoms with Crippen LogP contribution < -0.4 is 5.32 Å². The van der Waals surface area contributed by atoms with Gasteiger partial charge >= 0.3 is 0 Å². The topological polar surface area (TPSA) is 55.8 Å². The molecule has 0 atom stereocenters. The molecule has 0 bridgehead atoms. The van der Waals surface area contributed by atoms with E-state index in [1.807, 2.05) is 0 Å². The van der Waals surface area contributed by atoms with Crippen LogP contribution in [0.25, 0.3) is 0 Å². The first-order chi connectivity index (χ1) is 9.67. The van der Waals surface area contributed by atoms with Crippen molar-refractivity contribution in [2.24, 2.45) is 0 Å². The van der Waals surface area contributed by atoms with Gasteiger partial charge in [-0.25, -0.2) is 4.39 Å². The highest BCUT2D eigenvalue weighted by Crippen LogP contribution is 2.09. The van der Waals surface area contributed by atoms with Gasteiger partial charge in [-0.05, 0) is 18.2 Å². The number of amides is 1. The Labute approximate surface area is 118 Å². The minimum atomic E-state index is -0.361. The van der Waals surface area contributed by atoms with E-state index < -0.39 is 0 Å². The van der Waals surface area contributed by atoms with Crippen molar-refractivity contribution >= 4 is 11.6 Å². The fraction of sp³-hybridized carbons (Fsp3) is 0.500. The molecular formula is C14H20FN3O2. The fourth-order valence-corrected chi connectivity index (χ4v) is 2.28. The Hall–Kier alpha value is -1.50. The van der Waals surface area contributed by atoms with Crippen molar-refractivity contribution < 1.29 is 14.3 Å². The van der Waals surface area contributed by atoms with Crippen molar-refractivity contribution in [2.75, 3.05) is 51.2 Å². The molecule has 0 unspecified atom stereocenters. The zero-order valence-electron chi connectivity index (χ0n) is 11.4. The molecule has 110 valence electrons. The van der Waals surface area contributed by atoms with E-state index >= 15 is 0 Å². The molecular weight excluding hydrogens is 261 g/mol. The quantitative estimate of drug-likeness (QED) is 0.819. The highest BCUT2D eigenvalue weighted by molar-refractivity contribution is 5.92. The van der Waals surface area contributed by atoms with Gasteiger partial charge in [0.15, 0.2) is 0 Å². The molecule has 0 saturated carbocycles. The predicted molar refractivity (Wildman–Crippen MR) is 75.0 cm³/mol. The zero-order chi connectivity index (χ0) is 14.4. The van der Waals surface area contributed by atoms with Gasteiger partial charge in [0.25, 0.3) is 0 Å². The van der Waals surface area contributed by atoms with Gasteiger partial charge in [-0.15, -0.1) is 0 Å². The molecule has 1 fully saturated rings. The molecule has 1 saturated heterocycles. The van der Waals surface area contributed by atoms with Crippen LogP contribution in [0.15, 0.2) is 24.3 Å². The zero-order valence-corrected chi connectivity index (χ0v) is 11.4. The van der Waals surface area contributed by atoms with E-state index in [1.165, 1.54) is 12.1 Å². The van der Waals surface area contributed by atoms with E-state index in [9.17, 15) is 9.18 Å². The molecule has 0 aromatic heterocycles. The van der Waals surface area contributed by atoms with Crippen LogP contribution in [-0.4, -0.2) is 66.7 Å². The van der Waals surface area contributed by atoms with Crippen molar-refractivity contribution in [1.82, 2.24) is 9.80 Å². The first kappa shape index (κ1) is 14.9. The second kappa shape index (κ2) is 7.33. The number of carbonyl (C=O) groups excluding carboxylic acids is 1. The normalized spacial score (nSPS) is 17.1. The van der Waals surface area contributed by atoms with E-state index in [2.05, 4.69) is 15.1 Å². The lowest BCUT2D eigenvalue weighted by molar-refractivity contribution is -0.117. The van der Waals surface area contributed by atoms with Crippen LogP contribution in [0, 0.1) is 5.82 Å². The van der Waals surface area contributed by atoms with Crippen LogP contribution in [0.5, 0.6) is 0 Å². The molecule has 1 heterocycles. The highest BCUT2D eigenvalue weighted by atomic mass is 19.1. The third-order valence-electron chi connectivity index (χ3n) is 3.36. The summed E-state index contributed by atoms with van der Waals surface area (Å²) in [6.07, 6.45) is 0. The second-order valence-electron chi connectivity index (χ2n) is 4.90. The Bertz CT molecular complexity index is 448. The molecule has 0 aliphatic carbocycles. The third-order valence-corrected chi connectivity index (χ3v) is 3.36. The molecule has 0 radical (unpaired) electrons. The maximum absolute atomic E-state index is 13.0. The van der Waals surface area contributed by atoms with Gasteiger partial charge in [0.05, 0.1) is 13.2 Å². The number of piperazine rings is 1. The molecule has 2 N–H and O–H groups in total. The number of hydrogen-bond acceptors (Lipinski definition) is 4. The van der Waals surface area contributed by atoms with E-state index in [1.54, 1.807) is 12.1 Å². The number of benzene rings is 1. The first-order valence-corrected chi connectivity index (χ1v) is 6.78. The molecule has 0 spiro atoms. The molecule has 1 aromatic rings. The van der Waals surface area contributed by atoms with Crippen LogP contribution in [0.1, 0.15) is 0 Å². The number of aliphatic hydroxyl groups excluding tert-OH is 1. The Kier molecular flexibility index (Phi) is 5.46. The van der Waals surface area contributed by atoms with Gasteiger partial charge in [0, 0.05) is 38.4 Å². The molecule has 2 rings (SSSR count). The lowest BCUT2D eigenvalue weighted by Gasteiger charge is -2.33. The average Bonchev–Trinajstić information content (AvgIpc) is 2.41. The lowest BCUT2D eigenvalue weighted by atomic mass is 10.3. The summed E-state index contributed by atoms with van der Waals surface area (Å²) in [4.78, 5) is 16.1. The number of hydrogen-bond donors (Lipinski definition) is 2. The van der Waals surface area contributed by atoms with E-state index in [0.717, 1.165) is 26.2 Å². The van der Waals surface area contributed by atoms with Crippen molar-refractivity contribution in [3.63, 3.8) is 0 Å². The van der Waals surface area contributed by atoms with Crippen LogP contribution in [-0.2, 0) is 4.79 Å². The monoisotopic (exact) mass is 281 g/mol. The fourth-order valence-electron chi connectivity index (χ4n) is 2.28. The number of halogens is 1. The van der Waals surface area contributed by atoms with Crippen molar-refractivity contribution in [3.05, 3.63) is 30.1 Å². The predicted octanol–water partition coefficient (Wildman–Crippen LogP) is 0.374. The standard InChI is InChI=1S/C14H20FN3O2/c15-12-2-1-3-13(10-12)16-14(20)11-18-6-4-17(5-7-18)8-9-19/h1-3,10,19H,4-9,11H2,(H,16,20). The van der Waals surface area contributed by atoms with Gasteiger partial charge in [-0.1, -0.05) is 6.07 Å². The number of carbonyl (C=O) groups is 1. The van der Waals surface area contributed by atoms with E-state index in [4.69, 9.17) is 5.11 Å². The van der Waals surface area contributed by atoms with Crippen molar-refractivity contribution in [3.8, 4) is 0 Å². The summed E-state index contributed by atoms with van der Waals surface area (Å²) in [6.45, 7) is 4.47. The molecule has 1 aliphatic rings. The van der Waals surface area contributed by atoms with E-state index in [-0.39, 0.29) is 18.3 Å². The van der Waals surface area contributed by atoms with Crippen LogP contribution in [0.3, 0.4) is 0 Å². The summed E-state index contributed by atoms with van der Waals surface area (Å²) in [5.74, 6) is -0.494. The summed E-state index contributed by atoms with van der Waals surface area (Å²) in [5.41, 5.74) is 0.480. The van der Waals surface area contributed by atoms with Gasteiger partial charge < -0.3 is 10.4 Å². The highest BCUT2D eigenvalue weighted by Gasteiger charge is 2.18. The van der Waals surface area contributed by atoms with Gasteiger partial charge in [-0.3, -0.25) is 14.6 Å². The number of rotatable bonds is 5. The largest absolute Gasteiger partial charge is 0.395 e. The molecule has 1 aromatic carbocycles. The van der Waals surface area contributed by atoms with Gasteiger partial charge in [0.2, 0.25) is 5.91 Å². The number of β-amino-alcohol motifs (C(OH)–C–C–N with tert-alkyl or cyclic N) is 1. The summed E-state index contributed by atoms with van der Waals surface area (Å²) >= 11 is 0. The molecule has 20 heavy (non-hydrogen) atoms. The number of aliphatic hydroxyl groups is 1. The SMILES string of the molecule is O=C(CN1CCN(CCO)CC1)Nc1cccc(F)c1. The summed E-state index contributed by atoms with van der Waals surface area (Å²) < 4.78 is 13.0. The molecule has 1 aliphatic heterocycles. The number of nitrogens with one attached hydrogen (secondary N) is 1. The van der Waals surface area contributed by atoms with Gasteiger partial charge in [0.1, 0.15) is 5.82 Å². The summed E-state index contributed by atoms with van der Waals surface area (Å²) in [6, 6.07) is 5.88. The Morgan fingerprint density at radius 3 is 2.60 bits per heavy atom. The maximum Gasteiger partial charge on any atom is 0.238 e. The molecule has 1 amide bonds. The van der Waals surface area contributed by atoms with Gasteiger partial charge in [-0.2, -0.15) is 0 Å². The van der Waals surface area contributed by atoms with Crippen LogP contribution >= 0.6 is 0 Å². The minimum absolute atomic E-state index is 0.133. The minimum Gasteiger partial charge on any atom is -0.395 e. The van der Waals surface area contributed by atoms with Crippen molar-refractivity contribution in [2.45, 2.75) is 0 Å². The second-order valence-corrected chi connectivity index (χ2v) is 4.90. The van der Waals surface area contributed by atoms with E-state index in [0.29, 0.717) is 18.8 Å². The molecule has 6 heteroatoms. The third kappa shape index (κ3) is 4.56. The Morgan fingerprint density at radius 1 is 1.25 bits per heavy atom. The summed E-state index contributed by atoms with van der Waals surface area (Å²) in [5, 5.41) is 11.6. The number of anilines is 1. The number of nitrogens with zero attached hydrogens (tertiary/aromatic N) is 2. The first-order valence-electron chi connectivity index (χ1n) is 6.78. The smallest absolute Gasteiger partial charge is 0.238 e. The lowest BCUT2D eigenvalue weighted by Crippen LogP contribution is -2.49. The maximum atomic E-state index is 13.0. The Morgan fingerprint density at radius 2 is 1.95 bits per heavy atom. The average molecular weight is 281 g/mol. The Balaban J connectivity index is 1.75. The van der Waals surface area contributed by atoms with Crippen LogP contribution in [0.4, 0.5) is 10.1 Å². The molecule has 5 nitrogen and oxygen atoms in total. The summed E-state index contributed by atoms with van der Waals surface area (Å²) in [7, 11) is 0.